The summed E-state index contributed by atoms with van der Waals surface area (Å²) in [6.45, 7) is 5.49. The van der Waals surface area contributed by atoms with Crippen LogP contribution in [0.2, 0.25) is 0 Å². The highest BCUT2D eigenvalue weighted by molar-refractivity contribution is 6.65. The monoisotopic (exact) mass is 264 g/mol. The number of halogens is 1. The second-order valence-electron chi connectivity index (χ2n) is 3.91. The average Bonchev–Trinajstić information content (AvgIpc) is 2.41. The summed E-state index contributed by atoms with van der Waals surface area (Å²) in [5.74, 6) is 0. The molecule has 18 heavy (non-hydrogen) atoms. The Morgan fingerprint density at radius 2 is 1.94 bits per heavy atom. The van der Waals surface area contributed by atoms with Gasteiger partial charge in [-0.15, -0.1) is 0 Å². The first-order valence-electron chi connectivity index (χ1n) is 5.75. The van der Waals surface area contributed by atoms with Gasteiger partial charge in [-0.25, -0.2) is 0 Å². The molecule has 0 amide bonds. The van der Waals surface area contributed by atoms with E-state index in [9.17, 15) is 0 Å². The van der Waals surface area contributed by atoms with Gasteiger partial charge in [-0.2, -0.15) is 0 Å². The molecule has 1 aromatic rings. The Kier molecular flexibility index (Phi) is 6.15. The van der Waals surface area contributed by atoms with Crippen molar-refractivity contribution in [2.75, 3.05) is 0 Å². The third-order valence-electron chi connectivity index (χ3n) is 2.69. The minimum absolute atomic E-state index is 0.190. The number of aryl methyl sites for hydroxylation is 1. The summed E-state index contributed by atoms with van der Waals surface area (Å²) >= 11 is 5.65. The maximum atomic E-state index is 8.48. The highest BCUT2D eigenvalue weighted by Crippen LogP contribution is 2.12. The Balaban J connectivity index is 2.58. The van der Waals surface area contributed by atoms with Gasteiger partial charge in [0.15, 0.2) is 0 Å². The molecule has 0 aliphatic carbocycles. The SMILES string of the molecule is C=N/C(=C\C)CCc1ccc(C/C(Cl)=N/O)cc1. The number of allylic oxidation sites excluding steroid dienone is 2. The predicted octanol–water partition coefficient (Wildman–Crippen LogP) is 3.79. The Hall–Kier alpha value is -1.61. The van der Waals surface area contributed by atoms with Crippen LogP contribution in [0.25, 0.3) is 0 Å². The Labute approximate surface area is 113 Å². The minimum atomic E-state index is 0.190. The molecule has 1 rings (SSSR count). The molecule has 4 heteroatoms. The maximum Gasteiger partial charge on any atom is 0.149 e. The molecule has 0 aromatic heterocycles. The molecule has 0 fully saturated rings. The van der Waals surface area contributed by atoms with E-state index < -0.39 is 0 Å². The van der Waals surface area contributed by atoms with Crippen molar-refractivity contribution in [3.05, 3.63) is 47.2 Å². The summed E-state index contributed by atoms with van der Waals surface area (Å²) in [6, 6.07) is 8.07. The highest BCUT2D eigenvalue weighted by Gasteiger charge is 2.00. The molecular weight excluding hydrogens is 248 g/mol. The largest absolute Gasteiger partial charge is 0.410 e. The van der Waals surface area contributed by atoms with Crippen molar-refractivity contribution in [2.24, 2.45) is 10.1 Å². The van der Waals surface area contributed by atoms with Gasteiger partial charge < -0.3 is 5.21 Å². The molecule has 0 saturated carbocycles. The van der Waals surface area contributed by atoms with Gasteiger partial charge in [-0.05, 0) is 37.6 Å². The molecule has 96 valence electrons. The quantitative estimate of drug-likeness (QED) is 0.474. The van der Waals surface area contributed by atoms with Crippen LogP contribution < -0.4 is 0 Å². The van der Waals surface area contributed by atoms with Crippen molar-refractivity contribution in [1.29, 1.82) is 0 Å². The molecule has 0 saturated heterocycles. The standard InChI is InChI=1S/C14H17ClN2O/c1-3-13(16-2)9-8-11-4-6-12(7-5-11)10-14(15)17-18/h3-7,18H,2,8-10H2,1H3/b13-3-,17-14-. The second-order valence-corrected chi connectivity index (χ2v) is 4.34. The van der Waals surface area contributed by atoms with Gasteiger partial charge in [-0.1, -0.05) is 47.1 Å². The van der Waals surface area contributed by atoms with Crippen LogP contribution in [0, 0.1) is 0 Å². The summed E-state index contributed by atoms with van der Waals surface area (Å²) in [6.07, 6.45) is 4.24. The number of rotatable bonds is 6. The Morgan fingerprint density at radius 1 is 1.33 bits per heavy atom. The van der Waals surface area contributed by atoms with Gasteiger partial charge in [0.2, 0.25) is 0 Å². The minimum Gasteiger partial charge on any atom is -0.410 e. The van der Waals surface area contributed by atoms with E-state index in [-0.39, 0.29) is 5.17 Å². The number of oxime groups is 1. The van der Waals surface area contributed by atoms with Crippen molar-refractivity contribution in [2.45, 2.75) is 26.2 Å². The van der Waals surface area contributed by atoms with Crippen molar-refractivity contribution in [1.82, 2.24) is 0 Å². The first-order valence-corrected chi connectivity index (χ1v) is 6.13. The van der Waals surface area contributed by atoms with Crippen LogP contribution in [0.4, 0.5) is 0 Å². The lowest BCUT2D eigenvalue weighted by Crippen LogP contribution is -1.95. The lowest BCUT2D eigenvalue weighted by atomic mass is 10.0. The Morgan fingerprint density at radius 3 is 2.44 bits per heavy atom. The number of benzene rings is 1. The number of hydrogen-bond donors (Lipinski definition) is 1. The van der Waals surface area contributed by atoms with Crippen molar-refractivity contribution in [3.8, 4) is 0 Å². The predicted molar refractivity (Wildman–Crippen MR) is 76.8 cm³/mol. The Bertz CT molecular complexity index is 449. The number of hydrogen-bond acceptors (Lipinski definition) is 3. The zero-order chi connectivity index (χ0) is 13.4. The smallest absolute Gasteiger partial charge is 0.149 e. The molecule has 1 N–H and O–H groups in total. The van der Waals surface area contributed by atoms with Crippen LogP contribution in [-0.4, -0.2) is 17.1 Å². The summed E-state index contributed by atoms with van der Waals surface area (Å²) in [5, 5.41) is 11.6. The third-order valence-corrected chi connectivity index (χ3v) is 2.90. The van der Waals surface area contributed by atoms with Crippen molar-refractivity contribution in [3.63, 3.8) is 0 Å². The van der Waals surface area contributed by atoms with E-state index in [1.54, 1.807) is 0 Å². The first-order chi connectivity index (χ1) is 8.69. The molecule has 1 aromatic carbocycles. The van der Waals surface area contributed by atoms with Gasteiger partial charge >= 0.3 is 0 Å². The van der Waals surface area contributed by atoms with E-state index in [2.05, 4.69) is 16.9 Å². The lowest BCUT2D eigenvalue weighted by molar-refractivity contribution is 0.319. The molecule has 0 heterocycles. The fraction of sp³-hybridized carbons (Fsp3) is 0.286. The number of nitrogens with zero attached hydrogens (tertiary/aromatic N) is 2. The van der Waals surface area contributed by atoms with Crippen LogP contribution >= 0.6 is 11.6 Å². The normalized spacial score (nSPS) is 12.6. The van der Waals surface area contributed by atoms with Crippen molar-refractivity contribution >= 4 is 23.5 Å². The molecule has 0 atom stereocenters. The molecule has 0 bridgehead atoms. The zero-order valence-electron chi connectivity index (χ0n) is 10.4. The van der Waals surface area contributed by atoms with Crippen LogP contribution in [0.3, 0.4) is 0 Å². The third kappa shape index (κ3) is 4.72. The summed E-state index contributed by atoms with van der Waals surface area (Å²) in [5.41, 5.74) is 3.27. The van der Waals surface area contributed by atoms with Gasteiger partial charge in [-0.3, -0.25) is 4.99 Å². The fourth-order valence-corrected chi connectivity index (χ4v) is 1.77. The van der Waals surface area contributed by atoms with E-state index in [1.807, 2.05) is 37.3 Å². The molecule has 0 unspecified atom stereocenters. The van der Waals surface area contributed by atoms with Crippen LogP contribution in [0.5, 0.6) is 0 Å². The molecule has 0 aliphatic rings. The second kappa shape index (κ2) is 7.67. The fourth-order valence-electron chi connectivity index (χ4n) is 1.61. The zero-order valence-corrected chi connectivity index (χ0v) is 11.2. The summed E-state index contributed by atoms with van der Waals surface area (Å²) < 4.78 is 0. The molecular formula is C14H17ClN2O. The highest BCUT2D eigenvalue weighted by atomic mass is 35.5. The summed E-state index contributed by atoms with van der Waals surface area (Å²) in [4.78, 5) is 3.94. The average molecular weight is 265 g/mol. The molecule has 0 aliphatic heterocycles. The van der Waals surface area contributed by atoms with E-state index in [0.717, 1.165) is 24.1 Å². The van der Waals surface area contributed by atoms with Crippen LogP contribution in [0.15, 0.2) is 46.2 Å². The van der Waals surface area contributed by atoms with Gasteiger partial charge in [0.25, 0.3) is 0 Å². The van der Waals surface area contributed by atoms with E-state index >= 15 is 0 Å². The molecule has 3 nitrogen and oxygen atoms in total. The van der Waals surface area contributed by atoms with Gasteiger partial charge in [0.05, 0.1) is 0 Å². The van der Waals surface area contributed by atoms with Crippen LogP contribution in [-0.2, 0) is 12.8 Å². The molecule has 0 radical (unpaired) electrons. The first kappa shape index (κ1) is 14.5. The van der Waals surface area contributed by atoms with E-state index in [4.69, 9.17) is 16.8 Å². The topological polar surface area (TPSA) is 45.0 Å². The summed E-state index contributed by atoms with van der Waals surface area (Å²) in [7, 11) is 0. The van der Waals surface area contributed by atoms with Crippen LogP contribution in [0.1, 0.15) is 24.5 Å². The van der Waals surface area contributed by atoms with E-state index in [1.165, 1.54) is 5.56 Å². The van der Waals surface area contributed by atoms with Crippen molar-refractivity contribution < 1.29 is 5.21 Å². The van der Waals surface area contributed by atoms with Gasteiger partial charge in [0, 0.05) is 12.1 Å². The number of aliphatic imine (C=N–C) groups is 1. The maximum absolute atomic E-state index is 8.48. The lowest BCUT2D eigenvalue weighted by Gasteiger charge is -2.04. The van der Waals surface area contributed by atoms with E-state index in [0.29, 0.717) is 6.42 Å². The molecule has 0 spiro atoms. The van der Waals surface area contributed by atoms with Gasteiger partial charge in [0.1, 0.15) is 5.17 Å².